The van der Waals surface area contributed by atoms with Gasteiger partial charge in [0.25, 0.3) is 0 Å². The lowest BCUT2D eigenvalue weighted by Crippen LogP contribution is -2.27. The molecule has 3 heteroatoms. The standard InChI is InChI=1S/C17H20BrNO/c18-17-6-2-1-4-14(17)10-13(12-19-15-7-8-15)11-16-5-3-9-20-16/h1-6,9,13,15,19H,7-8,10-12H2. The summed E-state index contributed by atoms with van der Waals surface area (Å²) in [5.41, 5.74) is 1.38. The van der Waals surface area contributed by atoms with E-state index in [0.717, 1.165) is 31.2 Å². The first-order valence-electron chi connectivity index (χ1n) is 7.30. The molecule has 1 unspecified atom stereocenters. The van der Waals surface area contributed by atoms with Gasteiger partial charge >= 0.3 is 0 Å². The number of hydrogen-bond acceptors (Lipinski definition) is 2. The van der Waals surface area contributed by atoms with Crippen LogP contribution < -0.4 is 5.32 Å². The smallest absolute Gasteiger partial charge is 0.104 e. The monoisotopic (exact) mass is 333 g/mol. The minimum absolute atomic E-state index is 0.570. The van der Waals surface area contributed by atoms with Crippen LogP contribution in [0.15, 0.2) is 51.6 Å². The van der Waals surface area contributed by atoms with Crippen LogP contribution in [0.2, 0.25) is 0 Å². The molecular formula is C17H20BrNO. The first-order valence-corrected chi connectivity index (χ1v) is 8.10. The molecule has 1 N–H and O–H groups in total. The molecule has 1 atom stereocenters. The van der Waals surface area contributed by atoms with Crippen molar-refractivity contribution in [3.63, 3.8) is 0 Å². The van der Waals surface area contributed by atoms with E-state index >= 15 is 0 Å². The molecule has 2 aromatic rings. The van der Waals surface area contributed by atoms with E-state index in [2.05, 4.69) is 51.6 Å². The van der Waals surface area contributed by atoms with Crippen LogP contribution in [-0.2, 0) is 12.8 Å². The van der Waals surface area contributed by atoms with Crippen LogP contribution >= 0.6 is 15.9 Å². The Morgan fingerprint density at radius 3 is 2.70 bits per heavy atom. The lowest BCUT2D eigenvalue weighted by Gasteiger charge is -2.17. The molecule has 0 spiro atoms. The Kier molecular flexibility index (Phi) is 4.58. The van der Waals surface area contributed by atoms with E-state index in [1.807, 2.05) is 6.07 Å². The molecule has 2 nitrogen and oxygen atoms in total. The van der Waals surface area contributed by atoms with Gasteiger partial charge < -0.3 is 9.73 Å². The number of benzene rings is 1. The molecule has 0 aliphatic heterocycles. The average molecular weight is 334 g/mol. The van der Waals surface area contributed by atoms with Crippen LogP contribution in [0.4, 0.5) is 0 Å². The number of furan rings is 1. The molecule has 1 aromatic heterocycles. The van der Waals surface area contributed by atoms with Crippen molar-refractivity contribution in [2.45, 2.75) is 31.7 Å². The molecule has 1 aromatic carbocycles. The van der Waals surface area contributed by atoms with Crippen molar-refractivity contribution in [3.8, 4) is 0 Å². The topological polar surface area (TPSA) is 25.2 Å². The summed E-state index contributed by atoms with van der Waals surface area (Å²) in [5, 5.41) is 3.65. The molecule has 1 aliphatic rings. The van der Waals surface area contributed by atoms with Crippen LogP contribution in [0, 0.1) is 5.92 Å². The molecule has 1 heterocycles. The second-order valence-electron chi connectivity index (χ2n) is 5.63. The van der Waals surface area contributed by atoms with Gasteiger partial charge in [0.1, 0.15) is 5.76 Å². The summed E-state index contributed by atoms with van der Waals surface area (Å²) in [5.74, 6) is 1.65. The molecule has 20 heavy (non-hydrogen) atoms. The molecule has 1 aliphatic carbocycles. The first-order chi connectivity index (χ1) is 9.81. The zero-order valence-corrected chi connectivity index (χ0v) is 13.1. The van der Waals surface area contributed by atoms with Gasteiger partial charge in [-0.15, -0.1) is 0 Å². The van der Waals surface area contributed by atoms with Gasteiger partial charge in [-0.05, 0) is 55.5 Å². The van der Waals surface area contributed by atoms with E-state index in [9.17, 15) is 0 Å². The van der Waals surface area contributed by atoms with Crippen molar-refractivity contribution in [2.75, 3.05) is 6.54 Å². The SMILES string of the molecule is Brc1ccccc1CC(CNC1CC1)Cc1ccco1. The van der Waals surface area contributed by atoms with Gasteiger partial charge in [-0.2, -0.15) is 0 Å². The Morgan fingerprint density at radius 1 is 1.15 bits per heavy atom. The molecule has 0 bridgehead atoms. The van der Waals surface area contributed by atoms with Gasteiger partial charge in [0.2, 0.25) is 0 Å². The summed E-state index contributed by atoms with van der Waals surface area (Å²) in [7, 11) is 0. The van der Waals surface area contributed by atoms with Crippen molar-refractivity contribution in [3.05, 3.63) is 58.5 Å². The second kappa shape index (κ2) is 6.59. The second-order valence-corrected chi connectivity index (χ2v) is 6.48. The average Bonchev–Trinajstić information content (AvgIpc) is 3.15. The predicted molar refractivity (Wildman–Crippen MR) is 84.8 cm³/mol. The molecule has 0 radical (unpaired) electrons. The Labute approximate surface area is 128 Å². The van der Waals surface area contributed by atoms with Crippen LogP contribution in [0.1, 0.15) is 24.2 Å². The third-order valence-electron chi connectivity index (χ3n) is 3.81. The van der Waals surface area contributed by atoms with Crippen molar-refractivity contribution < 1.29 is 4.42 Å². The van der Waals surface area contributed by atoms with E-state index in [0.29, 0.717) is 5.92 Å². The lowest BCUT2D eigenvalue weighted by molar-refractivity contribution is 0.413. The summed E-state index contributed by atoms with van der Waals surface area (Å²) in [6, 6.07) is 13.3. The molecule has 1 saturated carbocycles. The molecule has 106 valence electrons. The van der Waals surface area contributed by atoms with Crippen molar-refractivity contribution in [1.29, 1.82) is 0 Å². The largest absolute Gasteiger partial charge is 0.469 e. The van der Waals surface area contributed by atoms with E-state index < -0.39 is 0 Å². The van der Waals surface area contributed by atoms with E-state index in [1.165, 1.54) is 22.9 Å². The van der Waals surface area contributed by atoms with E-state index in [1.54, 1.807) is 6.26 Å². The van der Waals surface area contributed by atoms with Gasteiger partial charge in [-0.25, -0.2) is 0 Å². The van der Waals surface area contributed by atoms with Gasteiger partial charge in [-0.3, -0.25) is 0 Å². The Morgan fingerprint density at radius 2 is 2.00 bits per heavy atom. The minimum Gasteiger partial charge on any atom is -0.469 e. The molecule has 1 fully saturated rings. The highest BCUT2D eigenvalue weighted by Gasteiger charge is 2.22. The van der Waals surface area contributed by atoms with Gasteiger partial charge in [0.05, 0.1) is 6.26 Å². The van der Waals surface area contributed by atoms with Gasteiger partial charge in [-0.1, -0.05) is 34.1 Å². The first kappa shape index (κ1) is 13.9. The summed E-state index contributed by atoms with van der Waals surface area (Å²) in [6.45, 7) is 1.06. The van der Waals surface area contributed by atoms with Gasteiger partial charge in [0, 0.05) is 16.9 Å². The maximum atomic E-state index is 5.51. The highest BCUT2D eigenvalue weighted by atomic mass is 79.9. The Bertz CT molecular complexity index is 534. The van der Waals surface area contributed by atoms with E-state index in [4.69, 9.17) is 4.42 Å². The Balaban J connectivity index is 1.65. The summed E-state index contributed by atoms with van der Waals surface area (Å²) < 4.78 is 6.72. The van der Waals surface area contributed by atoms with Crippen LogP contribution in [0.25, 0.3) is 0 Å². The summed E-state index contributed by atoms with van der Waals surface area (Å²) in [4.78, 5) is 0. The molecular weight excluding hydrogens is 314 g/mol. The molecule has 3 rings (SSSR count). The normalized spacial score (nSPS) is 16.2. The number of rotatable bonds is 7. The van der Waals surface area contributed by atoms with Crippen LogP contribution in [-0.4, -0.2) is 12.6 Å². The third-order valence-corrected chi connectivity index (χ3v) is 4.58. The number of nitrogens with one attached hydrogen (secondary N) is 1. The number of halogens is 1. The zero-order chi connectivity index (χ0) is 13.8. The lowest BCUT2D eigenvalue weighted by atomic mass is 9.95. The fourth-order valence-corrected chi connectivity index (χ4v) is 2.97. The fourth-order valence-electron chi connectivity index (χ4n) is 2.53. The third kappa shape index (κ3) is 3.97. The zero-order valence-electron chi connectivity index (χ0n) is 11.5. The van der Waals surface area contributed by atoms with Crippen molar-refractivity contribution in [1.82, 2.24) is 5.32 Å². The van der Waals surface area contributed by atoms with Crippen LogP contribution in [0.5, 0.6) is 0 Å². The molecule has 0 amide bonds. The number of hydrogen-bond donors (Lipinski definition) is 1. The maximum absolute atomic E-state index is 5.51. The van der Waals surface area contributed by atoms with Crippen molar-refractivity contribution >= 4 is 15.9 Å². The minimum atomic E-state index is 0.570. The van der Waals surface area contributed by atoms with Gasteiger partial charge in [0.15, 0.2) is 0 Å². The molecule has 0 saturated heterocycles. The van der Waals surface area contributed by atoms with Crippen LogP contribution in [0.3, 0.4) is 0 Å². The van der Waals surface area contributed by atoms with Crippen molar-refractivity contribution in [2.24, 2.45) is 5.92 Å². The maximum Gasteiger partial charge on any atom is 0.104 e. The quantitative estimate of drug-likeness (QED) is 0.821. The fraction of sp³-hybridized carbons (Fsp3) is 0.412. The summed E-state index contributed by atoms with van der Waals surface area (Å²) in [6.07, 6.45) is 6.50. The highest BCUT2D eigenvalue weighted by Crippen LogP contribution is 2.23. The Hall–Kier alpha value is -1.06. The highest BCUT2D eigenvalue weighted by molar-refractivity contribution is 9.10. The van der Waals surface area contributed by atoms with E-state index in [-0.39, 0.29) is 0 Å². The predicted octanol–water partition coefficient (Wildman–Crippen LogP) is 4.20. The summed E-state index contributed by atoms with van der Waals surface area (Å²) >= 11 is 3.65.